The molecule has 0 saturated heterocycles. The van der Waals surface area contributed by atoms with Crippen molar-refractivity contribution >= 4 is 17.7 Å². The van der Waals surface area contributed by atoms with Crippen molar-refractivity contribution in [3.05, 3.63) is 24.3 Å². The molecule has 0 aliphatic heterocycles. The zero-order valence-electron chi connectivity index (χ0n) is 8.34. The second-order valence-corrected chi connectivity index (χ2v) is 4.24. The Hall–Kier alpha value is -1.20. The Bertz CT molecular complexity index is 326. The lowest BCUT2D eigenvalue weighted by Gasteiger charge is -2.08. The fourth-order valence-electron chi connectivity index (χ4n) is 1.04. The van der Waals surface area contributed by atoms with Crippen LogP contribution in [0.1, 0.15) is 6.42 Å². The van der Waals surface area contributed by atoms with Gasteiger partial charge in [0.2, 0.25) is 0 Å². The maximum Gasteiger partial charge on any atom is 0.305 e. The summed E-state index contributed by atoms with van der Waals surface area (Å²) in [7, 11) is 1.60. The number of hydrogen-bond donors (Lipinski definition) is 2. The fourth-order valence-corrected chi connectivity index (χ4v) is 1.91. The first-order valence-electron chi connectivity index (χ1n) is 4.40. The highest BCUT2D eigenvalue weighted by molar-refractivity contribution is 7.99. The molecule has 0 spiro atoms. The summed E-state index contributed by atoms with van der Waals surface area (Å²) < 4.78 is 5.00. The monoisotopic (exact) mass is 227 g/mol. The summed E-state index contributed by atoms with van der Waals surface area (Å²) in [5.41, 5.74) is 5.63. The van der Waals surface area contributed by atoms with E-state index in [9.17, 15) is 4.79 Å². The number of carbonyl (C=O) groups is 1. The molecule has 1 aromatic rings. The molecule has 3 N–H and O–H groups in total. The van der Waals surface area contributed by atoms with Gasteiger partial charge in [-0.2, -0.15) is 0 Å². The number of carboxylic acids is 1. The molecule has 82 valence electrons. The maximum atomic E-state index is 10.4. The van der Waals surface area contributed by atoms with Crippen LogP contribution in [0, 0.1) is 0 Å². The van der Waals surface area contributed by atoms with Gasteiger partial charge in [0.25, 0.3) is 0 Å². The van der Waals surface area contributed by atoms with E-state index in [0.717, 1.165) is 10.6 Å². The van der Waals surface area contributed by atoms with Gasteiger partial charge in [-0.05, 0) is 24.3 Å². The lowest BCUT2D eigenvalue weighted by molar-refractivity contribution is -0.136. The van der Waals surface area contributed by atoms with Gasteiger partial charge in [-0.25, -0.2) is 0 Å². The Balaban J connectivity index is 2.53. The Kier molecular flexibility index (Phi) is 4.45. The molecule has 4 nitrogen and oxygen atoms in total. The third-order valence-corrected chi connectivity index (χ3v) is 2.74. The number of hydrogen-bond acceptors (Lipinski definition) is 4. The Morgan fingerprint density at radius 3 is 2.60 bits per heavy atom. The third-order valence-electron chi connectivity index (χ3n) is 1.72. The molecular formula is C10H13NO3S. The lowest BCUT2D eigenvalue weighted by Crippen LogP contribution is -2.19. The molecule has 15 heavy (non-hydrogen) atoms. The second-order valence-electron chi connectivity index (χ2n) is 2.93. The molecule has 0 fully saturated rings. The zero-order valence-corrected chi connectivity index (χ0v) is 9.16. The number of nitrogens with two attached hydrogens (primary N) is 1. The van der Waals surface area contributed by atoms with Crippen LogP contribution in [0.2, 0.25) is 0 Å². The predicted octanol–water partition coefficient (Wildman–Crippen LogP) is 1.55. The molecule has 0 bridgehead atoms. The van der Waals surface area contributed by atoms with Crippen molar-refractivity contribution in [2.75, 3.05) is 7.11 Å². The van der Waals surface area contributed by atoms with Gasteiger partial charge in [-0.1, -0.05) is 0 Å². The number of benzene rings is 1. The standard InChI is InChI=1S/C10H13NO3S/c1-14-7-2-4-8(5-3-7)15-9(11)6-10(12)13/h2-5,9H,6,11H2,1H3,(H,12,13). The average Bonchev–Trinajstić information content (AvgIpc) is 2.17. The van der Waals surface area contributed by atoms with E-state index in [1.165, 1.54) is 11.8 Å². The molecule has 0 heterocycles. The van der Waals surface area contributed by atoms with Crippen molar-refractivity contribution in [1.82, 2.24) is 0 Å². The van der Waals surface area contributed by atoms with E-state index in [1.54, 1.807) is 7.11 Å². The highest BCUT2D eigenvalue weighted by Gasteiger charge is 2.09. The van der Waals surface area contributed by atoms with Gasteiger partial charge in [-0.3, -0.25) is 4.79 Å². The van der Waals surface area contributed by atoms with Gasteiger partial charge in [-0.15, -0.1) is 11.8 Å². The van der Waals surface area contributed by atoms with Crippen molar-refractivity contribution < 1.29 is 14.6 Å². The second kappa shape index (κ2) is 5.63. The summed E-state index contributed by atoms with van der Waals surface area (Å²) in [6.07, 6.45) is -0.0449. The van der Waals surface area contributed by atoms with Crippen molar-refractivity contribution in [3.63, 3.8) is 0 Å². The molecule has 0 aliphatic carbocycles. The number of thioether (sulfide) groups is 1. The van der Waals surface area contributed by atoms with Crippen molar-refractivity contribution in [2.45, 2.75) is 16.7 Å². The maximum absolute atomic E-state index is 10.4. The number of rotatable bonds is 5. The average molecular weight is 227 g/mol. The van der Waals surface area contributed by atoms with E-state index >= 15 is 0 Å². The number of aliphatic carboxylic acids is 1. The molecule has 0 amide bonds. The van der Waals surface area contributed by atoms with Crippen molar-refractivity contribution in [3.8, 4) is 5.75 Å². The van der Waals surface area contributed by atoms with Gasteiger partial charge in [0, 0.05) is 4.90 Å². The Labute approximate surface area is 92.4 Å². The number of ether oxygens (including phenoxy) is 1. The van der Waals surface area contributed by atoms with Gasteiger partial charge in [0.05, 0.1) is 18.9 Å². The molecule has 1 aromatic carbocycles. The minimum Gasteiger partial charge on any atom is -0.497 e. The summed E-state index contributed by atoms with van der Waals surface area (Å²) in [6.45, 7) is 0. The van der Waals surface area contributed by atoms with E-state index in [4.69, 9.17) is 15.6 Å². The molecule has 0 aromatic heterocycles. The van der Waals surface area contributed by atoms with Crippen LogP contribution in [0.3, 0.4) is 0 Å². The van der Waals surface area contributed by atoms with Crippen molar-refractivity contribution in [2.24, 2.45) is 5.73 Å². The zero-order chi connectivity index (χ0) is 11.3. The van der Waals surface area contributed by atoms with Gasteiger partial charge >= 0.3 is 5.97 Å². The van der Waals surface area contributed by atoms with Crippen LogP contribution in [0.4, 0.5) is 0 Å². The molecular weight excluding hydrogens is 214 g/mol. The largest absolute Gasteiger partial charge is 0.497 e. The van der Waals surface area contributed by atoms with E-state index < -0.39 is 11.3 Å². The van der Waals surface area contributed by atoms with E-state index in [-0.39, 0.29) is 6.42 Å². The smallest absolute Gasteiger partial charge is 0.305 e. The lowest BCUT2D eigenvalue weighted by atomic mass is 10.3. The molecule has 0 saturated carbocycles. The number of methoxy groups -OCH3 is 1. The molecule has 1 unspecified atom stereocenters. The minimum absolute atomic E-state index is 0.0449. The normalized spacial score (nSPS) is 12.1. The van der Waals surface area contributed by atoms with E-state index in [2.05, 4.69) is 0 Å². The summed E-state index contributed by atoms with van der Waals surface area (Å²) in [6, 6.07) is 7.34. The van der Waals surface area contributed by atoms with Crippen LogP contribution in [0.15, 0.2) is 29.2 Å². The first-order chi connectivity index (χ1) is 7.11. The third kappa shape index (κ3) is 4.22. The van der Waals surface area contributed by atoms with Crippen LogP contribution < -0.4 is 10.5 Å². The molecule has 0 radical (unpaired) electrons. The molecule has 1 rings (SSSR count). The quantitative estimate of drug-likeness (QED) is 0.589. The molecule has 5 heteroatoms. The summed E-state index contributed by atoms with van der Waals surface area (Å²) in [4.78, 5) is 11.3. The highest BCUT2D eigenvalue weighted by atomic mass is 32.2. The SMILES string of the molecule is COc1ccc(SC(N)CC(=O)O)cc1. The van der Waals surface area contributed by atoms with Crippen LogP contribution in [-0.2, 0) is 4.79 Å². The first kappa shape index (κ1) is 11.9. The van der Waals surface area contributed by atoms with Gasteiger partial charge in [0.1, 0.15) is 5.75 Å². The van der Waals surface area contributed by atoms with Gasteiger partial charge < -0.3 is 15.6 Å². The fraction of sp³-hybridized carbons (Fsp3) is 0.300. The highest BCUT2D eigenvalue weighted by Crippen LogP contribution is 2.24. The summed E-state index contributed by atoms with van der Waals surface area (Å²) >= 11 is 1.33. The predicted molar refractivity (Wildman–Crippen MR) is 59.1 cm³/mol. The van der Waals surface area contributed by atoms with E-state index in [0.29, 0.717) is 0 Å². The van der Waals surface area contributed by atoms with Crippen LogP contribution in [-0.4, -0.2) is 23.6 Å². The van der Waals surface area contributed by atoms with Crippen LogP contribution in [0.25, 0.3) is 0 Å². The van der Waals surface area contributed by atoms with E-state index in [1.807, 2.05) is 24.3 Å². The molecule has 0 aliphatic rings. The van der Waals surface area contributed by atoms with Crippen molar-refractivity contribution in [1.29, 1.82) is 0 Å². The topological polar surface area (TPSA) is 72.5 Å². The van der Waals surface area contributed by atoms with Gasteiger partial charge in [0.15, 0.2) is 0 Å². The summed E-state index contributed by atoms with van der Waals surface area (Å²) in [5, 5.41) is 8.11. The van der Waals surface area contributed by atoms with Crippen LogP contribution in [0.5, 0.6) is 5.75 Å². The minimum atomic E-state index is -0.886. The first-order valence-corrected chi connectivity index (χ1v) is 5.28. The number of carboxylic acid groups (broad SMARTS) is 1. The Morgan fingerprint density at radius 2 is 2.13 bits per heavy atom. The van der Waals surface area contributed by atoms with Crippen LogP contribution >= 0.6 is 11.8 Å². The summed E-state index contributed by atoms with van der Waals surface area (Å²) in [5.74, 6) is -0.116. The Morgan fingerprint density at radius 1 is 1.53 bits per heavy atom. The molecule has 1 atom stereocenters.